The van der Waals surface area contributed by atoms with Crippen molar-refractivity contribution >= 4 is 47.2 Å². The topological polar surface area (TPSA) is 60.0 Å². The Balaban J connectivity index is 0.00000312. The van der Waals surface area contributed by atoms with Crippen LogP contribution in [0.2, 0.25) is 0 Å². The first-order valence-corrected chi connectivity index (χ1v) is 9.44. The summed E-state index contributed by atoms with van der Waals surface area (Å²) in [6, 6.07) is 4.37. The van der Waals surface area contributed by atoms with E-state index in [1.807, 2.05) is 16.2 Å². The third-order valence-electron chi connectivity index (χ3n) is 4.26. The van der Waals surface area contributed by atoms with Gasteiger partial charge in [-0.1, -0.05) is 6.92 Å². The summed E-state index contributed by atoms with van der Waals surface area (Å²) in [5, 5.41) is 6.72. The molecule has 1 aliphatic rings. The largest absolute Gasteiger partial charge is 0.355 e. The number of thiophene rings is 1. The molecule has 1 amide bonds. The molecule has 2 heterocycles. The van der Waals surface area contributed by atoms with Gasteiger partial charge >= 0.3 is 0 Å². The summed E-state index contributed by atoms with van der Waals surface area (Å²) in [6.45, 7) is 10.0. The number of aliphatic imine (C=N–C) groups is 1. The minimum atomic E-state index is 0. The molecule has 142 valence electrons. The fourth-order valence-electron chi connectivity index (χ4n) is 2.72. The summed E-state index contributed by atoms with van der Waals surface area (Å²) in [5.41, 5.74) is 0. The Hall–Kier alpha value is -0.870. The van der Waals surface area contributed by atoms with E-state index >= 15 is 0 Å². The number of piperazine rings is 1. The van der Waals surface area contributed by atoms with Crippen molar-refractivity contribution in [3.05, 3.63) is 21.9 Å². The summed E-state index contributed by atoms with van der Waals surface area (Å²) in [6.07, 6.45) is 1.09. The van der Waals surface area contributed by atoms with Gasteiger partial charge in [0, 0.05) is 63.0 Å². The van der Waals surface area contributed by atoms with Gasteiger partial charge in [0.25, 0.3) is 0 Å². The highest BCUT2D eigenvalue weighted by molar-refractivity contribution is 14.0. The number of halogens is 1. The minimum Gasteiger partial charge on any atom is -0.355 e. The van der Waals surface area contributed by atoms with E-state index in [1.54, 1.807) is 14.0 Å². The van der Waals surface area contributed by atoms with E-state index in [1.165, 1.54) is 9.75 Å². The SMILES string of the molecule is CCc1ccc(CNC(=NC)NCCN2CCN(C(C)=O)CC2)s1.I. The molecular weight excluding hydrogens is 449 g/mol. The van der Waals surface area contributed by atoms with Crippen LogP contribution >= 0.6 is 35.3 Å². The lowest BCUT2D eigenvalue weighted by Gasteiger charge is -2.34. The van der Waals surface area contributed by atoms with Gasteiger partial charge in [0.05, 0.1) is 6.54 Å². The van der Waals surface area contributed by atoms with Gasteiger partial charge in [-0.15, -0.1) is 35.3 Å². The number of nitrogens with one attached hydrogen (secondary N) is 2. The van der Waals surface area contributed by atoms with Crippen LogP contribution in [0.3, 0.4) is 0 Å². The van der Waals surface area contributed by atoms with E-state index in [-0.39, 0.29) is 29.9 Å². The molecule has 1 aliphatic heterocycles. The van der Waals surface area contributed by atoms with Gasteiger partial charge in [0.2, 0.25) is 5.91 Å². The van der Waals surface area contributed by atoms with Crippen LogP contribution in [0.15, 0.2) is 17.1 Å². The molecule has 0 aromatic carbocycles. The number of aryl methyl sites for hydroxylation is 1. The number of guanidine groups is 1. The predicted molar refractivity (Wildman–Crippen MR) is 116 cm³/mol. The first kappa shape index (κ1) is 22.2. The fraction of sp³-hybridized carbons (Fsp3) is 0.647. The number of amides is 1. The summed E-state index contributed by atoms with van der Waals surface area (Å²) in [7, 11) is 1.80. The van der Waals surface area contributed by atoms with Crippen molar-refractivity contribution in [2.45, 2.75) is 26.8 Å². The van der Waals surface area contributed by atoms with Crippen molar-refractivity contribution in [3.8, 4) is 0 Å². The van der Waals surface area contributed by atoms with Crippen LogP contribution in [0.25, 0.3) is 0 Å². The Kier molecular flexibility index (Phi) is 10.4. The van der Waals surface area contributed by atoms with Gasteiger partial charge in [-0.3, -0.25) is 14.7 Å². The molecule has 2 N–H and O–H groups in total. The van der Waals surface area contributed by atoms with E-state index in [4.69, 9.17) is 0 Å². The van der Waals surface area contributed by atoms with Gasteiger partial charge in [-0.25, -0.2) is 0 Å². The van der Waals surface area contributed by atoms with Crippen LogP contribution in [0.5, 0.6) is 0 Å². The Morgan fingerprint density at radius 2 is 1.88 bits per heavy atom. The van der Waals surface area contributed by atoms with Crippen LogP contribution in [-0.4, -0.2) is 68.0 Å². The lowest BCUT2D eigenvalue weighted by molar-refractivity contribution is -0.130. The lowest BCUT2D eigenvalue weighted by Crippen LogP contribution is -2.50. The number of rotatable bonds is 6. The van der Waals surface area contributed by atoms with Crippen LogP contribution in [0.1, 0.15) is 23.6 Å². The second-order valence-corrected chi connectivity index (χ2v) is 7.17. The molecule has 2 rings (SSSR count). The molecular formula is C17H30IN5OS. The van der Waals surface area contributed by atoms with Crippen molar-refractivity contribution in [2.75, 3.05) is 46.3 Å². The molecule has 0 aliphatic carbocycles. The van der Waals surface area contributed by atoms with E-state index in [2.05, 4.69) is 39.6 Å². The molecule has 6 nitrogen and oxygen atoms in total. The molecule has 8 heteroatoms. The van der Waals surface area contributed by atoms with Gasteiger partial charge < -0.3 is 15.5 Å². The van der Waals surface area contributed by atoms with Crippen LogP contribution in [0, 0.1) is 0 Å². The second-order valence-electron chi connectivity index (χ2n) is 5.92. The molecule has 0 spiro atoms. The van der Waals surface area contributed by atoms with Gasteiger partial charge in [-0.05, 0) is 18.6 Å². The zero-order valence-electron chi connectivity index (χ0n) is 15.4. The van der Waals surface area contributed by atoms with Gasteiger partial charge in [0.15, 0.2) is 5.96 Å². The van der Waals surface area contributed by atoms with E-state index in [0.717, 1.165) is 58.2 Å². The fourth-order valence-corrected chi connectivity index (χ4v) is 3.62. The first-order valence-electron chi connectivity index (χ1n) is 8.62. The number of hydrogen-bond acceptors (Lipinski definition) is 4. The van der Waals surface area contributed by atoms with Crippen molar-refractivity contribution in [1.82, 2.24) is 20.4 Å². The molecule has 0 atom stereocenters. The zero-order valence-corrected chi connectivity index (χ0v) is 18.5. The Labute approximate surface area is 172 Å². The average Bonchev–Trinajstić information content (AvgIpc) is 3.06. The van der Waals surface area contributed by atoms with Gasteiger partial charge in [-0.2, -0.15) is 0 Å². The Morgan fingerprint density at radius 1 is 1.20 bits per heavy atom. The maximum absolute atomic E-state index is 11.3. The van der Waals surface area contributed by atoms with Gasteiger partial charge in [0.1, 0.15) is 0 Å². The average molecular weight is 479 g/mol. The van der Waals surface area contributed by atoms with Crippen LogP contribution < -0.4 is 10.6 Å². The highest BCUT2D eigenvalue weighted by Gasteiger charge is 2.17. The van der Waals surface area contributed by atoms with E-state index < -0.39 is 0 Å². The maximum Gasteiger partial charge on any atom is 0.219 e. The van der Waals surface area contributed by atoms with Crippen molar-refractivity contribution < 1.29 is 4.79 Å². The summed E-state index contributed by atoms with van der Waals surface area (Å²) in [5.74, 6) is 1.01. The molecule has 1 aromatic heterocycles. The Morgan fingerprint density at radius 3 is 2.44 bits per heavy atom. The zero-order chi connectivity index (χ0) is 17.4. The molecule has 1 fully saturated rings. The number of hydrogen-bond donors (Lipinski definition) is 2. The van der Waals surface area contributed by atoms with Crippen molar-refractivity contribution in [1.29, 1.82) is 0 Å². The number of nitrogens with zero attached hydrogens (tertiary/aromatic N) is 3. The molecule has 25 heavy (non-hydrogen) atoms. The van der Waals surface area contributed by atoms with Crippen molar-refractivity contribution in [3.63, 3.8) is 0 Å². The monoisotopic (exact) mass is 479 g/mol. The predicted octanol–water partition coefficient (Wildman–Crippen LogP) is 1.76. The van der Waals surface area contributed by atoms with Crippen molar-refractivity contribution in [2.24, 2.45) is 4.99 Å². The highest BCUT2D eigenvalue weighted by Crippen LogP contribution is 2.16. The molecule has 0 bridgehead atoms. The molecule has 0 radical (unpaired) electrons. The van der Waals surface area contributed by atoms with Crippen LogP contribution in [-0.2, 0) is 17.8 Å². The molecule has 0 unspecified atom stereocenters. The van der Waals surface area contributed by atoms with Crippen LogP contribution in [0.4, 0.5) is 0 Å². The second kappa shape index (κ2) is 11.7. The third kappa shape index (κ3) is 7.49. The summed E-state index contributed by atoms with van der Waals surface area (Å²) in [4.78, 5) is 22.6. The standard InChI is InChI=1S/C17H29N5OS.HI/c1-4-15-5-6-16(24-15)13-20-17(18-3)19-7-8-21-9-11-22(12-10-21)14(2)23;/h5-6H,4,7-13H2,1-3H3,(H2,18,19,20);1H. The summed E-state index contributed by atoms with van der Waals surface area (Å²) >= 11 is 1.85. The summed E-state index contributed by atoms with van der Waals surface area (Å²) < 4.78 is 0. The Bertz CT molecular complexity index is 555. The smallest absolute Gasteiger partial charge is 0.219 e. The highest BCUT2D eigenvalue weighted by atomic mass is 127. The number of carbonyl (C=O) groups excluding carboxylic acids is 1. The normalized spacial score (nSPS) is 15.6. The minimum absolute atomic E-state index is 0. The van der Waals surface area contributed by atoms with E-state index in [9.17, 15) is 4.79 Å². The third-order valence-corrected chi connectivity index (χ3v) is 5.49. The first-order chi connectivity index (χ1) is 11.6. The number of carbonyl (C=O) groups is 1. The maximum atomic E-state index is 11.3. The molecule has 1 saturated heterocycles. The lowest BCUT2D eigenvalue weighted by atomic mass is 10.3. The molecule has 0 saturated carbocycles. The molecule has 1 aromatic rings. The quantitative estimate of drug-likeness (QED) is 0.371. The van der Waals surface area contributed by atoms with E-state index in [0.29, 0.717) is 0 Å².